The maximum absolute atomic E-state index is 8.81. The molecule has 0 saturated heterocycles. The van der Waals surface area contributed by atoms with Gasteiger partial charge in [-0.25, -0.2) is 10.4 Å². The number of oxazole rings is 1. The molecule has 2 aromatic heterocycles. The van der Waals surface area contributed by atoms with Gasteiger partial charge in [0.05, 0.1) is 11.4 Å². The number of nitrogens with zero attached hydrogens (tertiary/aromatic N) is 3. The number of aryl methyl sites for hydroxylation is 1. The van der Waals surface area contributed by atoms with E-state index < -0.39 is 0 Å². The standard InChI is InChI=1S/C11H11N5O/c1-7(9-4-3-5-13-9)15-16-11-10(6-12)14-8(2)17-11/h3-5,13,16H,1-2H3. The molecule has 0 spiro atoms. The van der Waals surface area contributed by atoms with E-state index in [9.17, 15) is 0 Å². The van der Waals surface area contributed by atoms with Gasteiger partial charge in [0.1, 0.15) is 6.07 Å². The van der Waals surface area contributed by atoms with Crippen molar-refractivity contribution < 1.29 is 4.42 Å². The highest BCUT2D eigenvalue weighted by molar-refractivity contribution is 5.97. The van der Waals surface area contributed by atoms with Crippen LogP contribution in [0.3, 0.4) is 0 Å². The average Bonchev–Trinajstić information content (AvgIpc) is 2.94. The molecule has 2 heterocycles. The number of hydrazone groups is 1. The number of nitrogens with one attached hydrogen (secondary N) is 2. The summed E-state index contributed by atoms with van der Waals surface area (Å²) in [6.45, 7) is 3.52. The number of hydrogen-bond acceptors (Lipinski definition) is 5. The van der Waals surface area contributed by atoms with Gasteiger partial charge in [-0.15, -0.1) is 0 Å². The summed E-state index contributed by atoms with van der Waals surface area (Å²) in [6, 6.07) is 5.71. The zero-order valence-electron chi connectivity index (χ0n) is 9.48. The summed E-state index contributed by atoms with van der Waals surface area (Å²) in [7, 11) is 0. The van der Waals surface area contributed by atoms with E-state index in [0.717, 1.165) is 11.4 Å². The van der Waals surface area contributed by atoms with Gasteiger partial charge in [0.2, 0.25) is 5.69 Å². The maximum Gasteiger partial charge on any atom is 0.252 e. The number of rotatable bonds is 3. The monoisotopic (exact) mass is 229 g/mol. The minimum absolute atomic E-state index is 0.200. The van der Waals surface area contributed by atoms with Crippen LogP contribution >= 0.6 is 0 Å². The Hall–Kier alpha value is -2.55. The molecule has 17 heavy (non-hydrogen) atoms. The lowest BCUT2D eigenvalue weighted by Crippen LogP contribution is -2.00. The Bertz CT molecular complexity index is 574. The molecular weight excluding hydrogens is 218 g/mol. The smallest absolute Gasteiger partial charge is 0.252 e. The number of H-pyrrole nitrogens is 1. The van der Waals surface area contributed by atoms with Crippen molar-refractivity contribution >= 4 is 11.6 Å². The summed E-state index contributed by atoms with van der Waals surface area (Å²) in [5, 5.41) is 12.9. The number of aromatic nitrogens is 2. The summed E-state index contributed by atoms with van der Waals surface area (Å²) in [5.74, 6) is 0.688. The van der Waals surface area contributed by atoms with Gasteiger partial charge in [-0.2, -0.15) is 10.4 Å². The Morgan fingerprint density at radius 3 is 3.12 bits per heavy atom. The second-order valence-electron chi connectivity index (χ2n) is 3.42. The van der Waals surface area contributed by atoms with Crippen molar-refractivity contribution in [3.05, 3.63) is 35.6 Å². The molecule has 0 saturated carbocycles. The van der Waals surface area contributed by atoms with Crippen molar-refractivity contribution in [2.75, 3.05) is 5.43 Å². The van der Waals surface area contributed by atoms with E-state index in [1.165, 1.54) is 0 Å². The van der Waals surface area contributed by atoms with Crippen LogP contribution in [0, 0.1) is 18.3 Å². The summed E-state index contributed by atoms with van der Waals surface area (Å²) >= 11 is 0. The Balaban J connectivity index is 2.17. The van der Waals surface area contributed by atoms with E-state index in [2.05, 4.69) is 20.5 Å². The summed E-state index contributed by atoms with van der Waals surface area (Å²) in [6.07, 6.45) is 1.81. The van der Waals surface area contributed by atoms with E-state index in [0.29, 0.717) is 5.89 Å². The molecule has 6 heteroatoms. The Morgan fingerprint density at radius 1 is 1.65 bits per heavy atom. The van der Waals surface area contributed by atoms with Crippen LogP contribution in [0.1, 0.15) is 24.2 Å². The SMILES string of the molecule is CC(=NNc1oc(C)nc1C#N)c1ccc[nH]1. The predicted molar refractivity (Wildman–Crippen MR) is 62.6 cm³/mol. The predicted octanol–water partition coefficient (Wildman–Crippen LogP) is 2.02. The topological polar surface area (TPSA) is 90.0 Å². The molecule has 0 bridgehead atoms. The molecule has 0 unspecified atom stereocenters. The number of nitriles is 1. The Kier molecular flexibility index (Phi) is 2.92. The minimum Gasteiger partial charge on any atom is -0.422 e. The zero-order valence-corrected chi connectivity index (χ0v) is 9.48. The fraction of sp³-hybridized carbons (Fsp3) is 0.182. The lowest BCUT2D eigenvalue weighted by molar-refractivity contribution is 0.533. The van der Waals surface area contributed by atoms with Crippen LogP contribution in [-0.2, 0) is 0 Å². The third kappa shape index (κ3) is 2.34. The van der Waals surface area contributed by atoms with Crippen molar-refractivity contribution in [2.24, 2.45) is 5.10 Å². The highest BCUT2D eigenvalue weighted by Gasteiger charge is 2.09. The Labute approximate surface area is 98.0 Å². The van der Waals surface area contributed by atoms with Crippen molar-refractivity contribution in [2.45, 2.75) is 13.8 Å². The van der Waals surface area contributed by atoms with Gasteiger partial charge in [0, 0.05) is 13.1 Å². The van der Waals surface area contributed by atoms with Crippen LogP contribution in [0.15, 0.2) is 27.8 Å². The largest absolute Gasteiger partial charge is 0.422 e. The molecule has 0 radical (unpaired) electrons. The van der Waals surface area contributed by atoms with Crippen molar-refractivity contribution in [1.82, 2.24) is 9.97 Å². The zero-order chi connectivity index (χ0) is 12.3. The van der Waals surface area contributed by atoms with Gasteiger partial charge in [0.25, 0.3) is 5.88 Å². The molecule has 0 aromatic carbocycles. The quantitative estimate of drug-likeness (QED) is 0.622. The van der Waals surface area contributed by atoms with Gasteiger partial charge in [-0.1, -0.05) is 0 Å². The highest BCUT2D eigenvalue weighted by Crippen LogP contribution is 2.15. The van der Waals surface area contributed by atoms with E-state index in [-0.39, 0.29) is 11.6 Å². The van der Waals surface area contributed by atoms with Gasteiger partial charge in [-0.05, 0) is 19.1 Å². The molecule has 2 N–H and O–H groups in total. The molecule has 2 aromatic rings. The molecule has 0 aliphatic heterocycles. The Morgan fingerprint density at radius 2 is 2.47 bits per heavy atom. The van der Waals surface area contributed by atoms with E-state index in [1.54, 1.807) is 6.92 Å². The first-order valence-electron chi connectivity index (χ1n) is 5.02. The molecule has 0 atom stereocenters. The second kappa shape index (κ2) is 4.53. The lowest BCUT2D eigenvalue weighted by Gasteiger charge is -1.98. The van der Waals surface area contributed by atoms with Gasteiger partial charge in [-0.3, -0.25) is 0 Å². The third-order valence-electron chi connectivity index (χ3n) is 2.15. The van der Waals surface area contributed by atoms with Crippen LogP contribution in [-0.4, -0.2) is 15.7 Å². The van der Waals surface area contributed by atoms with Crippen molar-refractivity contribution in [3.63, 3.8) is 0 Å². The number of anilines is 1. The third-order valence-corrected chi connectivity index (χ3v) is 2.15. The van der Waals surface area contributed by atoms with Gasteiger partial charge >= 0.3 is 0 Å². The first kappa shape index (κ1) is 11.0. The van der Waals surface area contributed by atoms with E-state index in [1.807, 2.05) is 31.3 Å². The van der Waals surface area contributed by atoms with Crippen LogP contribution in [0.5, 0.6) is 0 Å². The van der Waals surface area contributed by atoms with Crippen LogP contribution in [0.25, 0.3) is 0 Å². The minimum atomic E-state index is 0.200. The van der Waals surface area contributed by atoms with Crippen molar-refractivity contribution in [3.8, 4) is 6.07 Å². The molecule has 2 rings (SSSR count). The molecule has 0 aliphatic carbocycles. The molecule has 0 fully saturated rings. The molecule has 86 valence electrons. The average molecular weight is 229 g/mol. The number of hydrogen-bond donors (Lipinski definition) is 2. The summed E-state index contributed by atoms with van der Waals surface area (Å²) < 4.78 is 5.21. The highest BCUT2D eigenvalue weighted by atomic mass is 16.4. The normalized spacial score (nSPS) is 11.2. The fourth-order valence-electron chi connectivity index (χ4n) is 1.33. The number of aromatic amines is 1. The fourth-order valence-corrected chi connectivity index (χ4v) is 1.33. The van der Waals surface area contributed by atoms with Gasteiger partial charge in [0.15, 0.2) is 5.89 Å². The summed E-state index contributed by atoms with van der Waals surface area (Å²) in [5.41, 5.74) is 4.54. The maximum atomic E-state index is 8.81. The molecule has 0 aliphatic rings. The van der Waals surface area contributed by atoms with E-state index in [4.69, 9.17) is 9.68 Å². The lowest BCUT2D eigenvalue weighted by atomic mass is 10.3. The van der Waals surface area contributed by atoms with Crippen molar-refractivity contribution in [1.29, 1.82) is 5.26 Å². The molecule has 6 nitrogen and oxygen atoms in total. The van der Waals surface area contributed by atoms with Crippen LogP contribution in [0.2, 0.25) is 0 Å². The van der Waals surface area contributed by atoms with E-state index >= 15 is 0 Å². The van der Waals surface area contributed by atoms with Gasteiger partial charge < -0.3 is 9.40 Å². The first-order chi connectivity index (χ1) is 8.20. The molecule has 0 amide bonds. The first-order valence-corrected chi connectivity index (χ1v) is 5.02. The second-order valence-corrected chi connectivity index (χ2v) is 3.42. The summed E-state index contributed by atoms with van der Waals surface area (Å²) in [4.78, 5) is 6.93. The molecular formula is C11H11N5O. The van der Waals surface area contributed by atoms with Crippen LogP contribution in [0.4, 0.5) is 5.88 Å². The van der Waals surface area contributed by atoms with Crippen LogP contribution < -0.4 is 5.43 Å².